The molecule has 2 aromatic heterocycles. The Hall–Kier alpha value is -5.21. The number of fused-ring (bicyclic) bond motifs is 4. The Morgan fingerprint density at radius 1 is 0.410 bits per heavy atom. The van der Waals surface area contributed by atoms with Crippen LogP contribution in [0.25, 0.3) is 82.7 Å². The topological polar surface area (TPSA) is 17.8 Å². The third-order valence-electron chi connectivity index (χ3n) is 8.30. The smallest absolute Gasteiger partial charge is 0.138 e. The van der Waals surface area contributed by atoms with Crippen LogP contribution < -0.4 is 0 Å². The van der Waals surface area contributed by atoms with E-state index in [-0.39, 0.29) is 0 Å². The molecule has 1 aliphatic carbocycles. The van der Waals surface area contributed by atoms with Gasteiger partial charge in [0.25, 0.3) is 0 Å². The summed E-state index contributed by atoms with van der Waals surface area (Å²) in [6, 6.07) is 48.2. The molecule has 0 saturated carbocycles. The molecule has 2 nitrogen and oxygen atoms in total. The quantitative estimate of drug-likeness (QED) is 0.234. The maximum absolute atomic E-state index is 5.18. The number of benzene rings is 6. The zero-order valence-corrected chi connectivity index (χ0v) is 21.1. The van der Waals surface area contributed by atoms with Crippen molar-refractivity contribution in [3.05, 3.63) is 133 Å². The lowest BCUT2D eigenvalue weighted by molar-refractivity contribution is 1.08. The van der Waals surface area contributed by atoms with E-state index in [0.29, 0.717) is 0 Å². The van der Waals surface area contributed by atoms with Gasteiger partial charge in [0.05, 0.1) is 16.7 Å². The number of hydrogen-bond donors (Lipinski definition) is 0. The lowest BCUT2D eigenvalue weighted by atomic mass is 9.91. The predicted molar refractivity (Wildman–Crippen MR) is 163 cm³/mol. The van der Waals surface area contributed by atoms with Gasteiger partial charge in [0, 0.05) is 16.3 Å². The summed E-state index contributed by atoms with van der Waals surface area (Å²) >= 11 is 0. The Balaban J connectivity index is 1.46. The molecule has 39 heavy (non-hydrogen) atoms. The molecular weight excluding hydrogens is 472 g/mol. The van der Waals surface area contributed by atoms with Crippen molar-refractivity contribution in [3.8, 4) is 39.3 Å². The van der Waals surface area contributed by atoms with E-state index in [9.17, 15) is 0 Å². The molecule has 1 aliphatic rings. The molecule has 6 aromatic carbocycles. The number of hydrogen-bond acceptors (Lipinski definition) is 1. The summed E-state index contributed by atoms with van der Waals surface area (Å²) in [6.45, 7) is 0. The first-order valence-corrected chi connectivity index (χ1v) is 13.4. The molecule has 180 valence electrons. The maximum Gasteiger partial charge on any atom is 0.138 e. The maximum atomic E-state index is 5.18. The van der Waals surface area contributed by atoms with E-state index in [0.717, 1.165) is 17.1 Å². The monoisotopic (exact) mass is 494 g/mol. The summed E-state index contributed by atoms with van der Waals surface area (Å²) < 4.78 is 2.35. The largest absolute Gasteiger partial charge is 0.294 e. The molecule has 0 radical (unpaired) electrons. The van der Waals surface area contributed by atoms with Crippen LogP contribution in [0, 0.1) is 0 Å². The molecule has 0 saturated heterocycles. The van der Waals surface area contributed by atoms with Gasteiger partial charge in [-0.3, -0.25) is 4.57 Å². The van der Waals surface area contributed by atoms with Crippen LogP contribution in [-0.4, -0.2) is 9.55 Å². The fourth-order valence-corrected chi connectivity index (χ4v) is 6.63. The number of pyridine rings is 1. The molecule has 9 rings (SSSR count). The van der Waals surface area contributed by atoms with Crippen LogP contribution >= 0.6 is 0 Å². The number of nitrogens with zero attached hydrogens (tertiary/aromatic N) is 2. The average Bonchev–Trinajstić information content (AvgIpc) is 3.29. The summed E-state index contributed by atoms with van der Waals surface area (Å²) in [6.07, 6.45) is 0. The first-order chi connectivity index (χ1) is 19.3. The van der Waals surface area contributed by atoms with Crippen molar-refractivity contribution in [2.75, 3.05) is 0 Å². The van der Waals surface area contributed by atoms with Crippen LogP contribution in [0.5, 0.6) is 0 Å². The van der Waals surface area contributed by atoms with E-state index in [1.807, 2.05) is 6.07 Å². The summed E-state index contributed by atoms with van der Waals surface area (Å²) in [4.78, 5) is 5.18. The van der Waals surface area contributed by atoms with E-state index in [1.165, 1.54) is 65.6 Å². The highest BCUT2D eigenvalue weighted by molar-refractivity contribution is 6.30. The lowest BCUT2D eigenvalue weighted by Crippen LogP contribution is -1.99. The van der Waals surface area contributed by atoms with E-state index < -0.39 is 0 Å². The van der Waals surface area contributed by atoms with Gasteiger partial charge in [-0.25, -0.2) is 4.98 Å². The Bertz CT molecular complexity index is 2270. The van der Waals surface area contributed by atoms with Gasteiger partial charge < -0.3 is 0 Å². The zero-order valence-electron chi connectivity index (χ0n) is 21.1. The van der Waals surface area contributed by atoms with Gasteiger partial charge in [0.2, 0.25) is 0 Å². The minimum atomic E-state index is 0.935. The van der Waals surface area contributed by atoms with Gasteiger partial charge in [0.15, 0.2) is 0 Å². The van der Waals surface area contributed by atoms with Crippen LogP contribution in [-0.2, 0) is 0 Å². The second-order valence-electron chi connectivity index (χ2n) is 10.4. The minimum absolute atomic E-state index is 0.935. The Morgan fingerprint density at radius 3 is 1.85 bits per heavy atom. The van der Waals surface area contributed by atoms with Crippen molar-refractivity contribution in [1.29, 1.82) is 0 Å². The molecule has 0 spiro atoms. The van der Waals surface area contributed by atoms with Crippen molar-refractivity contribution in [1.82, 2.24) is 9.55 Å². The van der Waals surface area contributed by atoms with E-state index >= 15 is 0 Å². The first-order valence-electron chi connectivity index (χ1n) is 13.4. The average molecular weight is 495 g/mol. The minimum Gasteiger partial charge on any atom is -0.294 e. The first kappa shape index (κ1) is 20.8. The molecule has 0 aliphatic heterocycles. The Labute approximate surface area is 225 Å². The second-order valence-corrected chi connectivity index (χ2v) is 10.4. The van der Waals surface area contributed by atoms with Gasteiger partial charge in [-0.1, -0.05) is 97.1 Å². The van der Waals surface area contributed by atoms with Crippen molar-refractivity contribution < 1.29 is 0 Å². The van der Waals surface area contributed by atoms with Crippen molar-refractivity contribution in [2.24, 2.45) is 0 Å². The molecule has 8 aromatic rings. The predicted octanol–water partition coefficient (Wildman–Crippen LogP) is 9.80. The van der Waals surface area contributed by atoms with Crippen LogP contribution in [0.1, 0.15) is 0 Å². The summed E-state index contributed by atoms with van der Waals surface area (Å²) in [5.41, 5.74) is 9.62. The molecule has 0 N–H and O–H groups in total. The molecule has 0 amide bonds. The van der Waals surface area contributed by atoms with Crippen LogP contribution in [0.4, 0.5) is 0 Å². The third kappa shape index (κ3) is 2.83. The SMILES string of the molecule is c1ccc(-c2cccc(-n3c4cccc5c4c4c6c(cccc6ccc43)-c3cc4ccccc4cc3-5)n2)cc1. The standard InChI is InChI=1S/C37H22N2/c1-2-9-23(10-3-1)31-16-8-18-34(38-31)39-32-17-7-15-28-30-22-26-12-5-4-11-25(26)21-29(30)27-14-6-13-24-19-20-33(39)37(35(24)27)36(28)32/h1-22H. The normalized spacial score (nSPS) is 12.1. The Morgan fingerprint density at radius 2 is 1.05 bits per heavy atom. The molecule has 0 bridgehead atoms. The molecule has 0 unspecified atom stereocenters. The summed E-state index contributed by atoms with van der Waals surface area (Å²) in [5.74, 6) is 0.935. The third-order valence-corrected chi connectivity index (χ3v) is 8.30. The van der Waals surface area contributed by atoms with Crippen LogP contribution in [0.15, 0.2) is 133 Å². The molecule has 0 fully saturated rings. The van der Waals surface area contributed by atoms with Gasteiger partial charge in [-0.2, -0.15) is 0 Å². The van der Waals surface area contributed by atoms with Crippen LogP contribution in [0.3, 0.4) is 0 Å². The van der Waals surface area contributed by atoms with Crippen molar-refractivity contribution >= 4 is 43.4 Å². The highest BCUT2D eigenvalue weighted by Crippen LogP contribution is 2.50. The highest BCUT2D eigenvalue weighted by atomic mass is 15.1. The molecule has 2 heterocycles. The van der Waals surface area contributed by atoms with Crippen LogP contribution in [0.2, 0.25) is 0 Å². The van der Waals surface area contributed by atoms with E-state index in [2.05, 4.69) is 132 Å². The molecule has 2 heteroatoms. The highest BCUT2D eigenvalue weighted by Gasteiger charge is 2.25. The summed E-state index contributed by atoms with van der Waals surface area (Å²) in [5, 5.41) is 7.72. The van der Waals surface area contributed by atoms with Gasteiger partial charge >= 0.3 is 0 Å². The summed E-state index contributed by atoms with van der Waals surface area (Å²) in [7, 11) is 0. The van der Waals surface area contributed by atoms with Crippen molar-refractivity contribution in [2.45, 2.75) is 0 Å². The van der Waals surface area contributed by atoms with Crippen molar-refractivity contribution in [3.63, 3.8) is 0 Å². The fourth-order valence-electron chi connectivity index (χ4n) is 6.63. The van der Waals surface area contributed by atoms with Gasteiger partial charge in [0.1, 0.15) is 5.82 Å². The number of aromatic nitrogens is 2. The lowest BCUT2D eigenvalue weighted by Gasteiger charge is -2.15. The zero-order chi connectivity index (χ0) is 25.5. The van der Waals surface area contributed by atoms with E-state index in [1.54, 1.807) is 0 Å². The van der Waals surface area contributed by atoms with E-state index in [4.69, 9.17) is 4.98 Å². The fraction of sp³-hybridized carbons (Fsp3) is 0. The molecular formula is C37H22N2. The Kier molecular flexibility index (Phi) is 4.08. The second kappa shape index (κ2) is 7.66. The van der Waals surface area contributed by atoms with Gasteiger partial charge in [-0.15, -0.1) is 0 Å². The number of rotatable bonds is 2. The molecule has 0 atom stereocenters. The van der Waals surface area contributed by atoms with Gasteiger partial charge in [-0.05, 0) is 80.2 Å².